The average Bonchev–Trinajstić information content (AvgIpc) is 3.20. The van der Waals surface area contributed by atoms with Gasteiger partial charge in [0.2, 0.25) is 11.8 Å². The van der Waals surface area contributed by atoms with Gasteiger partial charge in [-0.05, 0) is 25.7 Å². The van der Waals surface area contributed by atoms with Gasteiger partial charge in [0.05, 0.1) is 6.04 Å². The molecule has 2 fully saturated rings. The maximum Gasteiger partial charge on any atom is 0.287 e. The van der Waals surface area contributed by atoms with Crippen LogP contribution in [0.25, 0.3) is 0 Å². The van der Waals surface area contributed by atoms with Crippen LogP contribution in [0.3, 0.4) is 0 Å². The van der Waals surface area contributed by atoms with Crippen molar-refractivity contribution in [3.05, 3.63) is 16.1 Å². The molecule has 0 saturated heterocycles. The van der Waals surface area contributed by atoms with Crippen LogP contribution in [-0.2, 0) is 5.92 Å². The summed E-state index contributed by atoms with van der Waals surface area (Å²) in [5, 5.41) is 7.20. The van der Waals surface area contributed by atoms with Gasteiger partial charge in [-0.1, -0.05) is 0 Å². The number of nitrogens with two attached hydrogens (primary N) is 1. The van der Waals surface area contributed by atoms with Crippen molar-refractivity contribution in [3.8, 4) is 0 Å². The molecule has 33 heavy (non-hydrogen) atoms. The zero-order valence-corrected chi connectivity index (χ0v) is 18.8. The normalized spacial score (nSPS) is 29.9. The molecule has 1 aromatic heterocycles. The lowest BCUT2D eigenvalue weighted by Crippen LogP contribution is -2.67. The van der Waals surface area contributed by atoms with Crippen LogP contribution in [0.2, 0.25) is 0 Å². The van der Waals surface area contributed by atoms with Gasteiger partial charge in [0.25, 0.3) is 5.92 Å². The Morgan fingerprint density at radius 3 is 2.18 bits per heavy atom. The number of rotatable bonds is 4. The third-order valence-corrected chi connectivity index (χ3v) is 7.20. The molecule has 1 aliphatic heterocycles. The second-order valence-electron chi connectivity index (χ2n) is 9.16. The lowest BCUT2D eigenvalue weighted by Gasteiger charge is -2.42. The lowest BCUT2D eigenvalue weighted by molar-refractivity contribution is -0.0554. The number of hydrogen-bond acceptors (Lipinski definition) is 5. The van der Waals surface area contributed by atoms with Gasteiger partial charge >= 0.3 is 0 Å². The van der Waals surface area contributed by atoms with E-state index in [9.17, 15) is 26.3 Å². The molecule has 2 heterocycles. The quantitative estimate of drug-likeness (QED) is 0.533. The van der Waals surface area contributed by atoms with Crippen LogP contribution >= 0.6 is 11.3 Å². The topological polar surface area (TPSA) is 87.7 Å². The fourth-order valence-electron chi connectivity index (χ4n) is 4.33. The van der Waals surface area contributed by atoms with E-state index in [0.29, 0.717) is 0 Å². The fraction of sp³-hybridized carbons (Fsp3) is 0.750. The van der Waals surface area contributed by atoms with Crippen molar-refractivity contribution in [3.63, 3.8) is 0 Å². The Morgan fingerprint density at radius 2 is 1.64 bits per heavy atom. The summed E-state index contributed by atoms with van der Waals surface area (Å²) < 4.78 is 81.8. The maximum atomic E-state index is 13.7. The molecule has 0 amide bonds. The minimum atomic E-state index is -3.15. The second-order valence-corrected chi connectivity index (χ2v) is 10.0. The third kappa shape index (κ3) is 5.61. The standard InChI is InChI=1S/C20H26F6N6S/c1-17(21,22)13-10-33-15(29-13)14-30-16(28-12-4-8-19(25,26)9-5-12)32-20(27,31-14)11-2-6-18(23,24)7-3-11/h10-12H,2-9,27H2,1H3,(H2,28,30,31,32). The van der Waals surface area contributed by atoms with Crippen LogP contribution in [0.1, 0.15) is 69.0 Å². The molecule has 0 aromatic carbocycles. The minimum Gasteiger partial charge on any atom is -0.319 e. The van der Waals surface area contributed by atoms with Gasteiger partial charge in [-0.3, -0.25) is 5.73 Å². The van der Waals surface area contributed by atoms with Gasteiger partial charge in [0, 0.05) is 43.9 Å². The molecule has 1 atom stereocenters. The van der Waals surface area contributed by atoms with Crippen molar-refractivity contribution >= 4 is 23.1 Å². The van der Waals surface area contributed by atoms with E-state index < -0.39 is 41.2 Å². The largest absolute Gasteiger partial charge is 0.319 e. The maximum absolute atomic E-state index is 13.7. The molecular weight excluding hydrogens is 470 g/mol. The molecule has 0 radical (unpaired) electrons. The summed E-state index contributed by atoms with van der Waals surface area (Å²) in [4.78, 5) is 12.9. The van der Waals surface area contributed by atoms with E-state index in [1.807, 2.05) is 0 Å². The Kier molecular flexibility index (Phi) is 6.17. The van der Waals surface area contributed by atoms with Crippen LogP contribution in [-0.4, -0.2) is 40.5 Å². The summed E-state index contributed by atoms with van der Waals surface area (Å²) in [6.07, 6.45) is -0.718. The highest BCUT2D eigenvalue weighted by molar-refractivity contribution is 7.11. The predicted octanol–water partition coefficient (Wildman–Crippen LogP) is 4.57. The van der Waals surface area contributed by atoms with E-state index in [0.717, 1.165) is 18.3 Å². The van der Waals surface area contributed by atoms with Crippen molar-refractivity contribution in [2.45, 2.75) is 87.9 Å². The molecule has 184 valence electrons. The number of guanidine groups is 1. The number of halogens is 6. The zero-order valence-electron chi connectivity index (χ0n) is 18.0. The van der Waals surface area contributed by atoms with Crippen molar-refractivity contribution < 1.29 is 26.3 Å². The van der Waals surface area contributed by atoms with E-state index in [-0.39, 0.29) is 68.2 Å². The number of aromatic nitrogens is 1. The summed E-state index contributed by atoms with van der Waals surface area (Å²) in [5.41, 5.74) is 6.09. The molecular formula is C20H26F6N6S. The van der Waals surface area contributed by atoms with Gasteiger partial charge in [0.15, 0.2) is 22.6 Å². The van der Waals surface area contributed by atoms with E-state index in [2.05, 4.69) is 25.6 Å². The predicted molar refractivity (Wildman–Crippen MR) is 113 cm³/mol. The van der Waals surface area contributed by atoms with E-state index in [4.69, 9.17) is 5.73 Å². The van der Waals surface area contributed by atoms with Gasteiger partial charge < -0.3 is 10.6 Å². The van der Waals surface area contributed by atoms with Crippen molar-refractivity contribution in [2.24, 2.45) is 21.6 Å². The number of hydrogen-bond donors (Lipinski definition) is 3. The number of nitrogens with one attached hydrogen (secondary N) is 2. The first kappa shape index (κ1) is 24.2. The molecule has 2 aliphatic carbocycles. The molecule has 1 aromatic rings. The van der Waals surface area contributed by atoms with E-state index in [1.54, 1.807) is 0 Å². The minimum absolute atomic E-state index is 0.0916. The molecule has 2 saturated carbocycles. The molecule has 0 spiro atoms. The number of nitrogens with zero attached hydrogens (tertiary/aromatic N) is 3. The summed E-state index contributed by atoms with van der Waals surface area (Å²) in [7, 11) is 0. The van der Waals surface area contributed by atoms with E-state index >= 15 is 0 Å². The summed E-state index contributed by atoms with van der Waals surface area (Å²) in [6, 6.07) is -0.397. The van der Waals surface area contributed by atoms with Gasteiger partial charge in [0.1, 0.15) is 5.69 Å². The Morgan fingerprint density at radius 1 is 1.06 bits per heavy atom. The number of alkyl halides is 6. The number of aliphatic imine (C=N–C) groups is 2. The van der Waals surface area contributed by atoms with Gasteiger partial charge in [-0.15, -0.1) is 11.3 Å². The van der Waals surface area contributed by atoms with Crippen molar-refractivity contribution in [1.82, 2.24) is 15.6 Å². The number of thiazole rings is 1. The highest BCUT2D eigenvalue weighted by atomic mass is 32.1. The summed E-state index contributed by atoms with van der Waals surface area (Å²) in [6.45, 7) is 0.727. The molecule has 3 aliphatic rings. The Bertz CT molecular complexity index is 922. The first-order valence-electron chi connectivity index (χ1n) is 10.9. The van der Waals surface area contributed by atoms with Crippen molar-refractivity contribution in [1.29, 1.82) is 0 Å². The zero-order chi connectivity index (χ0) is 24.1. The van der Waals surface area contributed by atoms with Crippen LogP contribution < -0.4 is 16.4 Å². The smallest absolute Gasteiger partial charge is 0.287 e. The van der Waals surface area contributed by atoms with Gasteiger partial charge in [-0.2, -0.15) is 8.78 Å². The lowest BCUT2D eigenvalue weighted by atomic mass is 9.82. The first-order chi connectivity index (χ1) is 15.2. The molecule has 6 nitrogen and oxygen atoms in total. The van der Waals surface area contributed by atoms with Crippen LogP contribution in [0, 0.1) is 5.92 Å². The Hall–Kier alpha value is -1.89. The van der Waals surface area contributed by atoms with Crippen LogP contribution in [0.5, 0.6) is 0 Å². The molecule has 0 bridgehead atoms. The Balaban J connectivity index is 1.62. The van der Waals surface area contributed by atoms with E-state index in [1.165, 1.54) is 5.38 Å². The second kappa shape index (κ2) is 8.40. The molecule has 4 N–H and O–H groups in total. The third-order valence-electron chi connectivity index (χ3n) is 6.35. The van der Waals surface area contributed by atoms with Crippen molar-refractivity contribution in [2.75, 3.05) is 0 Å². The highest BCUT2D eigenvalue weighted by Gasteiger charge is 2.46. The molecule has 13 heteroatoms. The highest BCUT2D eigenvalue weighted by Crippen LogP contribution is 2.40. The molecule has 1 unspecified atom stereocenters. The average molecular weight is 497 g/mol. The van der Waals surface area contributed by atoms with Gasteiger partial charge in [-0.25, -0.2) is 32.5 Å². The number of amidine groups is 1. The molecule has 4 rings (SSSR count). The van der Waals surface area contributed by atoms with Crippen LogP contribution in [0.4, 0.5) is 26.3 Å². The SMILES string of the molecule is CC(F)(F)c1csc(C2=NC(N)(C3CCC(F)(F)CC3)NC(=NC3CCC(F)(F)CC3)N2)n1. The van der Waals surface area contributed by atoms with Crippen LogP contribution in [0.15, 0.2) is 15.4 Å². The monoisotopic (exact) mass is 496 g/mol. The summed E-state index contributed by atoms with van der Waals surface area (Å²) >= 11 is 0.936. The fourth-order valence-corrected chi connectivity index (χ4v) is 5.18. The first-order valence-corrected chi connectivity index (χ1v) is 11.7. The Labute approximate surface area is 191 Å². The summed E-state index contributed by atoms with van der Waals surface area (Å²) in [5.74, 6) is -10.4.